The highest BCUT2D eigenvalue weighted by molar-refractivity contribution is 6.04. The zero-order valence-electron chi connectivity index (χ0n) is 12.6. The van der Waals surface area contributed by atoms with Gasteiger partial charge in [-0.1, -0.05) is 44.5 Å². The highest BCUT2D eigenvalue weighted by Gasteiger charge is 2.12. The van der Waals surface area contributed by atoms with E-state index in [1.54, 1.807) is 6.92 Å². The Labute approximate surface area is 120 Å². The van der Waals surface area contributed by atoms with Gasteiger partial charge in [0.15, 0.2) is 0 Å². The maximum absolute atomic E-state index is 11.8. The minimum Gasteiger partial charge on any atom is -0.361 e. The predicted molar refractivity (Wildman–Crippen MR) is 81.0 cm³/mol. The van der Waals surface area contributed by atoms with Crippen molar-refractivity contribution in [2.75, 3.05) is 5.32 Å². The maximum Gasteiger partial charge on any atom is 0.260 e. The van der Waals surface area contributed by atoms with Crippen molar-refractivity contribution in [2.24, 2.45) is 0 Å². The van der Waals surface area contributed by atoms with E-state index in [-0.39, 0.29) is 5.91 Å². The van der Waals surface area contributed by atoms with Gasteiger partial charge in [-0.2, -0.15) is 0 Å². The molecule has 4 nitrogen and oxygen atoms in total. The quantitative estimate of drug-likeness (QED) is 0.912. The lowest BCUT2D eigenvalue weighted by Gasteiger charge is -2.04. The molecule has 0 unspecified atom stereocenters. The number of carbonyl (C=O) groups excluding carboxylic acids is 1. The van der Waals surface area contributed by atoms with Gasteiger partial charge in [0.1, 0.15) is 11.3 Å². The smallest absolute Gasteiger partial charge is 0.260 e. The van der Waals surface area contributed by atoms with Gasteiger partial charge in [-0.3, -0.25) is 4.79 Å². The Bertz CT molecular complexity index is 530. The Morgan fingerprint density at radius 1 is 1.20 bits per heavy atom. The lowest BCUT2D eigenvalue weighted by atomic mass is 10.1. The second-order valence-corrected chi connectivity index (χ2v) is 4.51. The van der Waals surface area contributed by atoms with Crippen LogP contribution in [0.25, 0.3) is 0 Å². The molecule has 0 atom stereocenters. The van der Waals surface area contributed by atoms with Crippen LogP contribution in [0.2, 0.25) is 0 Å². The molecule has 1 aromatic heterocycles. The molecule has 0 saturated heterocycles. The van der Waals surface area contributed by atoms with Gasteiger partial charge in [0.05, 0.1) is 6.20 Å². The molecule has 1 aromatic carbocycles. The van der Waals surface area contributed by atoms with Crippen molar-refractivity contribution in [1.82, 2.24) is 5.16 Å². The molecular formula is C16H22N2O2. The standard InChI is InChI=1S/C13H14N2O2.C3H8/c1-3-10-4-6-11(7-5-10)15-13(16)12-8-14-17-9(12)2;1-3-2/h4-8H,3H2,1-2H3,(H,15,16);3H2,1-2H3. The third-order valence-corrected chi connectivity index (χ3v) is 2.62. The number of anilines is 1. The summed E-state index contributed by atoms with van der Waals surface area (Å²) in [7, 11) is 0. The van der Waals surface area contributed by atoms with Gasteiger partial charge in [-0.25, -0.2) is 0 Å². The van der Waals surface area contributed by atoms with Crippen LogP contribution in [0.1, 0.15) is 48.9 Å². The number of nitrogens with zero attached hydrogens (tertiary/aromatic N) is 1. The third kappa shape index (κ3) is 4.53. The molecule has 0 aliphatic rings. The van der Waals surface area contributed by atoms with Gasteiger partial charge < -0.3 is 9.84 Å². The van der Waals surface area contributed by atoms with Crippen molar-refractivity contribution >= 4 is 11.6 Å². The number of carbonyl (C=O) groups is 1. The molecule has 1 N–H and O–H groups in total. The van der Waals surface area contributed by atoms with Gasteiger partial charge >= 0.3 is 0 Å². The number of amides is 1. The van der Waals surface area contributed by atoms with Crippen LogP contribution < -0.4 is 5.32 Å². The number of hydrogen-bond donors (Lipinski definition) is 1. The largest absolute Gasteiger partial charge is 0.361 e. The van der Waals surface area contributed by atoms with Gasteiger partial charge in [0.2, 0.25) is 0 Å². The summed E-state index contributed by atoms with van der Waals surface area (Å²) >= 11 is 0. The molecule has 0 aliphatic carbocycles. The van der Waals surface area contributed by atoms with Crippen LogP contribution >= 0.6 is 0 Å². The summed E-state index contributed by atoms with van der Waals surface area (Å²) in [6, 6.07) is 7.77. The SMILES string of the molecule is CCC.CCc1ccc(NC(=O)c2cnoc2C)cc1. The van der Waals surface area contributed by atoms with Gasteiger partial charge in [-0.15, -0.1) is 0 Å². The Morgan fingerprint density at radius 3 is 2.25 bits per heavy atom. The van der Waals surface area contributed by atoms with E-state index in [4.69, 9.17) is 4.52 Å². The monoisotopic (exact) mass is 274 g/mol. The first-order valence-corrected chi connectivity index (χ1v) is 6.93. The maximum atomic E-state index is 11.8. The highest BCUT2D eigenvalue weighted by Crippen LogP contribution is 2.13. The normalized spacial score (nSPS) is 9.60. The van der Waals surface area contributed by atoms with Crippen molar-refractivity contribution in [2.45, 2.75) is 40.5 Å². The third-order valence-electron chi connectivity index (χ3n) is 2.62. The number of benzene rings is 1. The predicted octanol–water partition coefficient (Wildman–Crippen LogP) is 4.21. The Hall–Kier alpha value is -2.10. The molecule has 4 heteroatoms. The van der Waals surface area contributed by atoms with E-state index in [0.29, 0.717) is 11.3 Å². The molecule has 20 heavy (non-hydrogen) atoms. The topological polar surface area (TPSA) is 55.1 Å². The van der Waals surface area contributed by atoms with E-state index in [0.717, 1.165) is 12.1 Å². The van der Waals surface area contributed by atoms with E-state index >= 15 is 0 Å². The average Bonchev–Trinajstić information content (AvgIpc) is 2.87. The fourth-order valence-corrected chi connectivity index (χ4v) is 1.54. The Morgan fingerprint density at radius 2 is 1.80 bits per heavy atom. The minimum absolute atomic E-state index is 0.201. The van der Waals surface area contributed by atoms with Crippen molar-refractivity contribution in [3.05, 3.63) is 47.3 Å². The van der Waals surface area contributed by atoms with Crippen LogP contribution in [0.15, 0.2) is 35.0 Å². The Balaban J connectivity index is 0.000000612. The molecule has 1 heterocycles. The first-order chi connectivity index (χ1) is 9.62. The van der Waals surface area contributed by atoms with Crippen molar-refractivity contribution in [1.29, 1.82) is 0 Å². The van der Waals surface area contributed by atoms with Gasteiger partial charge in [0, 0.05) is 5.69 Å². The number of nitrogens with one attached hydrogen (secondary N) is 1. The fraction of sp³-hybridized carbons (Fsp3) is 0.375. The summed E-state index contributed by atoms with van der Waals surface area (Å²) < 4.78 is 4.85. The summed E-state index contributed by atoms with van der Waals surface area (Å²) in [5, 5.41) is 6.37. The Kier molecular flexibility index (Phi) is 6.50. The van der Waals surface area contributed by atoms with Crippen LogP contribution in [0.3, 0.4) is 0 Å². The molecule has 0 saturated carbocycles. The van der Waals surface area contributed by atoms with Gasteiger partial charge in [0.25, 0.3) is 5.91 Å². The van der Waals surface area contributed by atoms with Crippen LogP contribution in [0.4, 0.5) is 5.69 Å². The van der Waals surface area contributed by atoms with Crippen LogP contribution in [-0.2, 0) is 6.42 Å². The summed E-state index contributed by atoms with van der Waals surface area (Å²) in [6.07, 6.45) is 3.66. The molecule has 0 spiro atoms. The van der Waals surface area contributed by atoms with Crippen LogP contribution in [0, 0.1) is 6.92 Å². The second-order valence-electron chi connectivity index (χ2n) is 4.51. The minimum atomic E-state index is -0.201. The highest BCUT2D eigenvalue weighted by atomic mass is 16.5. The molecule has 1 amide bonds. The zero-order chi connectivity index (χ0) is 15.0. The lowest BCUT2D eigenvalue weighted by Crippen LogP contribution is -2.12. The molecule has 0 aliphatic heterocycles. The summed E-state index contributed by atoms with van der Waals surface area (Å²) in [5.41, 5.74) is 2.47. The van der Waals surface area contributed by atoms with E-state index in [2.05, 4.69) is 31.2 Å². The lowest BCUT2D eigenvalue weighted by molar-refractivity contribution is 0.102. The molecule has 2 aromatic rings. The number of aryl methyl sites for hydroxylation is 2. The summed E-state index contributed by atoms with van der Waals surface area (Å²) in [6.45, 7) is 8.05. The van der Waals surface area contributed by atoms with E-state index in [1.807, 2.05) is 24.3 Å². The molecule has 0 bridgehead atoms. The van der Waals surface area contributed by atoms with Crippen molar-refractivity contribution in [3.8, 4) is 0 Å². The number of rotatable bonds is 3. The van der Waals surface area contributed by atoms with E-state index in [9.17, 15) is 4.79 Å². The van der Waals surface area contributed by atoms with Crippen LogP contribution in [-0.4, -0.2) is 11.1 Å². The molecule has 0 radical (unpaired) electrons. The average molecular weight is 274 g/mol. The van der Waals surface area contributed by atoms with E-state index in [1.165, 1.54) is 18.2 Å². The molecular weight excluding hydrogens is 252 g/mol. The number of hydrogen-bond acceptors (Lipinski definition) is 3. The van der Waals surface area contributed by atoms with E-state index < -0.39 is 0 Å². The summed E-state index contributed by atoms with van der Waals surface area (Å²) in [5.74, 6) is 0.320. The first kappa shape index (κ1) is 16.0. The van der Waals surface area contributed by atoms with Crippen LogP contribution in [0.5, 0.6) is 0 Å². The van der Waals surface area contributed by atoms with Gasteiger partial charge in [-0.05, 0) is 31.0 Å². The fourth-order valence-electron chi connectivity index (χ4n) is 1.54. The summed E-state index contributed by atoms with van der Waals surface area (Å²) in [4.78, 5) is 11.8. The zero-order valence-corrected chi connectivity index (χ0v) is 12.6. The molecule has 0 fully saturated rings. The molecule has 108 valence electrons. The first-order valence-electron chi connectivity index (χ1n) is 6.93. The number of aromatic nitrogens is 1. The molecule has 2 rings (SSSR count). The van der Waals surface area contributed by atoms with Crippen molar-refractivity contribution in [3.63, 3.8) is 0 Å². The second kappa shape index (κ2) is 8.15. The van der Waals surface area contributed by atoms with Crippen molar-refractivity contribution < 1.29 is 9.32 Å².